The molecule has 0 aliphatic rings. The molecule has 0 spiro atoms. The molecule has 2 N–H and O–H groups in total. The predicted molar refractivity (Wildman–Crippen MR) is 81.3 cm³/mol. The lowest BCUT2D eigenvalue weighted by atomic mass is 10.1. The number of rotatable bonds is 3. The van der Waals surface area contributed by atoms with Gasteiger partial charge in [0.1, 0.15) is 11.5 Å². The second-order valence-corrected chi connectivity index (χ2v) is 4.90. The Morgan fingerprint density at radius 3 is 2.43 bits per heavy atom. The molecule has 2 aromatic rings. The van der Waals surface area contributed by atoms with E-state index in [1.54, 1.807) is 26.0 Å². The molecule has 1 aromatic heterocycles. The molecule has 5 nitrogen and oxygen atoms in total. The standard InChI is InChI=1S/C16H18N2O3/c1-9-11(3)21-12(4)15(9)16(19)17-14-8-6-5-7-13(14)10(2)18-20/h5-8,20H,1-4H3,(H,17,19). The summed E-state index contributed by atoms with van der Waals surface area (Å²) in [6, 6.07) is 7.17. The summed E-state index contributed by atoms with van der Waals surface area (Å²) >= 11 is 0. The van der Waals surface area contributed by atoms with Gasteiger partial charge in [-0.05, 0) is 33.8 Å². The molecule has 2 rings (SSSR count). The Labute approximate surface area is 123 Å². The van der Waals surface area contributed by atoms with Gasteiger partial charge in [-0.1, -0.05) is 23.4 Å². The third-order valence-corrected chi connectivity index (χ3v) is 3.50. The van der Waals surface area contributed by atoms with Gasteiger partial charge in [0.2, 0.25) is 0 Å². The number of hydrogen-bond acceptors (Lipinski definition) is 4. The summed E-state index contributed by atoms with van der Waals surface area (Å²) in [7, 11) is 0. The van der Waals surface area contributed by atoms with E-state index in [-0.39, 0.29) is 5.91 Å². The van der Waals surface area contributed by atoms with Crippen molar-refractivity contribution in [1.29, 1.82) is 0 Å². The fourth-order valence-corrected chi connectivity index (χ4v) is 2.27. The summed E-state index contributed by atoms with van der Waals surface area (Å²) in [5.41, 5.74) is 3.07. The molecule has 0 aliphatic carbocycles. The van der Waals surface area contributed by atoms with Gasteiger partial charge in [0.25, 0.3) is 5.91 Å². The van der Waals surface area contributed by atoms with Gasteiger partial charge in [-0.15, -0.1) is 0 Å². The Balaban J connectivity index is 2.37. The molecule has 0 radical (unpaired) electrons. The fourth-order valence-electron chi connectivity index (χ4n) is 2.27. The molecular weight excluding hydrogens is 268 g/mol. The molecule has 0 saturated heterocycles. The van der Waals surface area contributed by atoms with Crippen LogP contribution in [-0.2, 0) is 0 Å². The van der Waals surface area contributed by atoms with E-state index in [4.69, 9.17) is 9.62 Å². The van der Waals surface area contributed by atoms with Gasteiger partial charge >= 0.3 is 0 Å². The van der Waals surface area contributed by atoms with Crippen LogP contribution in [-0.4, -0.2) is 16.8 Å². The molecule has 1 amide bonds. The molecular formula is C16H18N2O3. The van der Waals surface area contributed by atoms with Crippen molar-refractivity contribution in [2.75, 3.05) is 5.32 Å². The maximum Gasteiger partial charge on any atom is 0.259 e. The van der Waals surface area contributed by atoms with Crippen LogP contribution in [0.2, 0.25) is 0 Å². The van der Waals surface area contributed by atoms with Crippen molar-refractivity contribution in [2.45, 2.75) is 27.7 Å². The molecule has 110 valence electrons. The number of benzene rings is 1. The van der Waals surface area contributed by atoms with E-state index < -0.39 is 0 Å². The van der Waals surface area contributed by atoms with E-state index in [0.717, 1.165) is 11.3 Å². The maximum absolute atomic E-state index is 12.5. The van der Waals surface area contributed by atoms with E-state index in [1.165, 1.54) is 0 Å². The predicted octanol–water partition coefficient (Wildman–Crippen LogP) is 3.66. The molecule has 0 unspecified atom stereocenters. The average molecular weight is 286 g/mol. The zero-order chi connectivity index (χ0) is 15.6. The number of anilines is 1. The highest BCUT2D eigenvalue weighted by molar-refractivity contribution is 6.11. The lowest BCUT2D eigenvalue weighted by Gasteiger charge is -2.10. The van der Waals surface area contributed by atoms with Crippen molar-refractivity contribution in [3.63, 3.8) is 0 Å². The Bertz CT molecular complexity index is 714. The van der Waals surface area contributed by atoms with Crippen molar-refractivity contribution in [2.24, 2.45) is 5.16 Å². The molecule has 0 saturated carbocycles. The summed E-state index contributed by atoms with van der Waals surface area (Å²) in [5.74, 6) is 1.09. The number of carbonyl (C=O) groups is 1. The van der Waals surface area contributed by atoms with Crippen LogP contribution in [0, 0.1) is 20.8 Å². The van der Waals surface area contributed by atoms with E-state index >= 15 is 0 Å². The molecule has 1 aromatic carbocycles. The number of nitrogens with one attached hydrogen (secondary N) is 1. The number of carbonyl (C=O) groups excluding carboxylic acids is 1. The van der Waals surface area contributed by atoms with E-state index in [9.17, 15) is 4.79 Å². The number of para-hydroxylation sites is 1. The number of hydrogen-bond donors (Lipinski definition) is 2. The summed E-state index contributed by atoms with van der Waals surface area (Å²) in [6.45, 7) is 7.12. The van der Waals surface area contributed by atoms with Crippen molar-refractivity contribution in [1.82, 2.24) is 0 Å². The van der Waals surface area contributed by atoms with Crippen molar-refractivity contribution in [3.05, 3.63) is 52.5 Å². The van der Waals surface area contributed by atoms with Crippen molar-refractivity contribution < 1.29 is 14.4 Å². The Morgan fingerprint density at radius 1 is 1.19 bits per heavy atom. The molecule has 5 heteroatoms. The second-order valence-electron chi connectivity index (χ2n) is 4.90. The van der Waals surface area contributed by atoms with Crippen LogP contribution >= 0.6 is 0 Å². The SMILES string of the molecule is CC(=NO)c1ccccc1NC(=O)c1c(C)oc(C)c1C. The number of oxime groups is 1. The Morgan fingerprint density at radius 2 is 1.86 bits per heavy atom. The normalized spacial score (nSPS) is 11.5. The molecule has 0 fully saturated rings. The first-order chi connectivity index (χ1) is 9.95. The zero-order valence-electron chi connectivity index (χ0n) is 12.5. The van der Waals surface area contributed by atoms with Crippen LogP contribution in [0.1, 0.15) is 39.9 Å². The van der Waals surface area contributed by atoms with Crippen LogP contribution in [0.25, 0.3) is 0 Å². The van der Waals surface area contributed by atoms with Crippen LogP contribution in [0.3, 0.4) is 0 Å². The van der Waals surface area contributed by atoms with E-state index in [0.29, 0.717) is 28.3 Å². The molecule has 0 aliphatic heterocycles. The Hall–Kier alpha value is -2.56. The van der Waals surface area contributed by atoms with Crippen LogP contribution in [0.5, 0.6) is 0 Å². The van der Waals surface area contributed by atoms with Gasteiger partial charge in [0.05, 0.1) is 17.0 Å². The first-order valence-electron chi connectivity index (χ1n) is 6.61. The van der Waals surface area contributed by atoms with Crippen LogP contribution in [0.15, 0.2) is 33.8 Å². The van der Waals surface area contributed by atoms with E-state index in [2.05, 4.69) is 10.5 Å². The van der Waals surface area contributed by atoms with Gasteiger partial charge in [-0.25, -0.2) is 0 Å². The highest BCUT2D eigenvalue weighted by atomic mass is 16.4. The first kappa shape index (κ1) is 14.8. The lowest BCUT2D eigenvalue weighted by Crippen LogP contribution is -2.15. The summed E-state index contributed by atoms with van der Waals surface area (Å²) in [5, 5.41) is 14.9. The number of furan rings is 1. The highest BCUT2D eigenvalue weighted by Gasteiger charge is 2.19. The third-order valence-electron chi connectivity index (χ3n) is 3.50. The minimum atomic E-state index is -0.236. The van der Waals surface area contributed by atoms with Crippen LogP contribution < -0.4 is 5.32 Å². The Kier molecular flexibility index (Phi) is 4.12. The fraction of sp³-hybridized carbons (Fsp3) is 0.250. The number of nitrogens with zero attached hydrogens (tertiary/aromatic N) is 1. The average Bonchev–Trinajstić information content (AvgIpc) is 2.71. The third kappa shape index (κ3) is 2.81. The van der Waals surface area contributed by atoms with Crippen LogP contribution in [0.4, 0.5) is 5.69 Å². The van der Waals surface area contributed by atoms with Gasteiger partial charge in [0, 0.05) is 11.1 Å². The topological polar surface area (TPSA) is 74.8 Å². The zero-order valence-corrected chi connectivity index (χ0v) is 12.5. The highest BCUT2D eigenvalue weighted by Crippen LogP contribution is 2.23. The first-order valence-corrected chi connectivity index (χ1v) is 6.61. The van der Waals surface area contributed by atoms with Gasteiger partial charge in [-0.2, -0.15) is 0 Å². The number of aryl methyl sites for hydroxylation is 2. The van der Waals surface area contributed by atoms with Crippen molar-refractivity contribution in [3.8, 4) is 0 Å². The molecule has 1 heterocycles. The minimum Gasteiger partial charge on any atom is -0.466 e. The van der Waals surface area contributed by atoms with Gasteiger partial charge < -0.3 is 14.9 Å². The minimum absolute atomic E-state index is 0.236. The number of amides is 1. The second kappa shape index (κ2) is 5.83. The smallest absolute Gasteiger partial charge is 0.259 e. The van der Waals surface area contributed by atoms with E-state index in [1.807, 2.05) is 26.0 Å². The summed E-state index contributed by atoms with van der Waals surface area (Å²) in [6.07, 6.45) is 0. The lowest BCUT2D eigenvalue weighted by molar-refractivity contribution is 0.102. The summed E-state index contributed by atoms with van der Waals surface area (Å²) < 4.78 is 5.48. The quantitative estimate of drug-likeness (QED) is 0.513. The molecule has 0 bridgehead atoms. The monoisotopic (exact) mass is 286 g/mol. The molecule has 21 heavy (non-hydrogen) atoms. The summed E-state index contributed by atoms with van der Waals surface area (Å²) in [4.78, 5) is 12.5. The van der Waals surface area contributed by atoms with Gasteiger partial charge in [0.15, 0.2) is 0 Å². The maximum atomic E-state index is 12.5. The molecule has 0 atom stereocenters. The largest absolute Gasteiger partial charge is 0.466 e. The van der Waals surface area contributed by atoms with Gasteiger partial charge in [-0.3, -0.25) is 4.79 Å². The van der Waals surface area contributed by atoms with Crippen molar-refractivity contribution >= 4 is 17.3 Å².